The number of unbranched alkanes of at least 4 members (excludes halogenated alkanes) is 18. The largest absolute Gasteiger partial charge is 0.544 e. The first kappa shape index (κ1) is 50.5. The minimum Gasteiger partial charge on any atom is -0.544 e. The van der Waals surface area contributed by atoms with Gasteiger partial charge in [0, 0.05) is 19.3 Å². The third-order valence-electron chi connectivity index (χ3n) is 9.50. The number of carbonyl (C=O) groups excluding carboxylic acids is 3. The van der Waals surface area contributed by atoms with Crippen LogP contribution in [-0.2, 0) is 28.6 Å². The molecule has 0 aliphatic carbocycles. The smallest absolute Gasteiger partial charge is 0.306 e. The summed E-state index contributed by atoms with van der Waals surface area (Å²) in [5.41, 5.74) is 0. The molecule has 0 saturated carbocycles. The quantitative estimate of drug-likeness (QED) is 0.0268. The van der Waals surface area contributed by atoms with E-state index < -0.39 is 18.1 Å². The van der Waals surface area contributed by atoms with Gasteiger partial charge in [-0.05, 0) is 70.6 Å². The van der Waals surface area contributed by atoms with Crippen molar-refractivity contribution >= 4 is 17.9 Å². The maximum absolute atomic E-state index is 12.7. The van der Waals surface area contributed by atoms with Crippen LogP contribution in [0.2, 0.25) is 0 Å². The molecule has 0 bridgehead atoms. The number of quaternary nitrogens is 1. The molecular formula is C45H81NO7. The molecule has 2 unspecified atom stereocenters. The molecule has 2 atom stereocenters. The number of hydrogen-bond donors (Lipinski definition) is 0. The Labute approximate surface area is 325 Å². The third-order valence-corrected chi connectivity index (χ3v) is 9.50. The molecule has 0 fully saturated rings. The number of carbonyl (C=O) groups is 3. The van der Waals surface area contributed by atoms with E-state index in [-0.39, 0.29) is 42.7 Å². The van der Waals surface area contributed by atoms with Crippen molar-refractivity contribution in [1.29, 1.82) is 0 Å². The predicted molar refractivity (Wildman–Crippen MR) is 217 cm³/mol. The number of carboxylic acids is 1. The Balaban J connectivity index is 4.37. The molecule has 0 aliphatic heterocycles. The summed E-state index contributed by atoms with van der Waals surface area (Å²) in [4.78, 5) is 36.8. The van der Waals surface area contributed by atoms with E-state index in [1.807, 2.05) is 0 Å². The second-order valence-corrected chi connectivity index (χ2v) is 15.6. The maximum Gasteiger partial charge on any atom is 0.306 e. The molecule has 8 heteroatoms. The van der Waals surface area contributed by atoms with Gasteiger partial charge in [0.2, 0.25) is 0 Å². The van der Waals surface area contributed by atoms with Gasteiger partial charge in [-0.3, -0.25) is 9.59 Å². The summed E-state index contributed by atoms with van der Waals surface area (Å²) in [6, 6.07) is -0.727. The van der Waals surface area contributed by atoms with Crippen molar-refractivity contribution in [2.75, 3.05) is 41.0 Å². The Hall–Kier alpha value is -2.45. The van der Waals surface area contributed by atoms with E-state index in [1.54, 1.807) is 21.1 Å². The molecule has 53 heavy (non-hydrogen) atoms. The molecule has 0 aromatic carbocycles. The van der Waals surface area contributed by atoms with Crippen LogP contribution >= 0.6 is 0 Å². The van der Waals surface area contributed by atoms with E-state index in [0.29, 0.717) is 12.8 Å². The van der Waals surface area contributed by atoms with E-state index in [1.165, 1.54) is 83.5 Å². The van der Waals surface area contributed by atoms with Crippen LogP contribution in [-0.4, -0.2) is 75.5 Å². The summed E-state index contributed by atoms with van der Waals surface area (Å²) in [6.07, 6.45) is 40.2. The second kappa shape index (κ2) is 36.5. The molecule has 0 amide bonds. The Bertz CT molecular complexity index is 968. The Morgan fingerprint density at radius 2 is 1.00 bits per heavy atom. The number of esters is 2. The Kier molecular flexibility index (Phi) is 34.8. The van der Waals surface area contributed by atoms with Gasteiger partial charge >= 0.3 is 11.9 Å². The topological polar surface area (TPSA) is 102 Å². The highest BCUT2D eigenvalue weighted by molar-refractivity contribution is 5.70. The lowest BCUT2D eigenvalue weighted by atomic mass is 10.1. The van der Waals surface area contributed by atoms with E-state index in [2.05, 4.69) is 50.3 Å². The zero-order valence-electron chi connectivity index (χ0n) is 34.9. The normalized spacial score (nSPS) is 13.3. The van der Waals surface area contributed by atoms with Crippen molar-refractivity contribution in [2.45, 2.75) is 193 Å². The number of rotatable bonds is 38. The number of nitrogens with zero attached hydrogens (tertiary/aromatic N) is 1. The number of carboxylic acid groups (broad SMARTS) is 1. The monoisotopic (exact) mass is 748 g/mol. The van der Waals surface area contributed by atoms with Gasteiger partial charge < -0.3 is 28.6 Å². The number of ether oxygens (including phenoxy) is 3. The molecule has 0 aliphatic rings. The van der Waals surface area contributed by atoms with Crippen LogP contribution in [0.1, 0.15) is 181 Å². The van der Waals surface area contributed by atoms with Gasteiger partial charge in [0.15, 0.2) is 6.10 Å². The fraction of sp³-hybridized carbons (Fsp3) is 0.800. The van der Waals surface area contributed by atoms with Crippen molar-refractivity contribution < 1.29 is 38.2 Å². The van der Waals surface area contributed by atoms with Gasteiger partial charge in [0.25, 0.3) is 0 Å². The van der Waals surface area contributed by atoms with E-state index in [4.69, 9.17) is 14.2 Å². The zero-order chi connectivity index (χ0) is 39.3. The van der Waals surface area contributed by atoms with Gasteiger partial charge in [0.1, 0.15) is 12.6 Å². The summed E-state index contributed by atoms with van der Waals surface area (Å²) in [5.74, 6) is -1.76. The lowest BCUT2D eigenvalue weighted by Crippen LogP contribution is -2.55. The molecule has 0 aromatic rings. The lowest BCUT2D eigenvalue weighted by Gasteiger charge is -2.34. The van der Waals surface area contributed by atoms with Crippen molar-refractivity contribution in [3.05, 3.63) is 36.5 Å². The Morgan fingerprint density at radius 1 is 0.566 bits per heavy atom. The first-order valence-corrected chi connectivity index (χ1v) is 21.5. The molecule has 0 heterocycles. The van der Waals surface area contributed by atoms with E-state index in [0.717, 1.165) is 64.2 Å². The van der Waals surface area contributed by atoms with Gasteiger partial charge in [-0.1, -0.05) is 127 Å². The number of likely N-dealkylation sites (N-methyl/N-ethyl adjacent to an activating group) is 1. The number of hydrogen-bond acceptors (Lipinski definition) is 7. The van der Waals surface area contributed by atoms with E-state index in [9.17, 15) is 19.5 Å². The summed E-state index contributed by atoms with van der Waals surface area (Å²) < 4.78 is 17.1. The van der Waals surface area contributed by atoms with Gasteiger partial charge in [-0.2, -0.15) is 0 Å². The molecule has 0 aromatic heterocycles. The van der Waals surface area contributed by atoms with Gasteiger partial charge in [-0.15, -0.1) is 0 Å². The molecule has 0 spiro atoms. The molecule has 8 nitrogen and oxygen atoms in total. The predicted octanol–water partition coefficient (Wildman–Crippen LogP) is 10.1. The summed E-state index contributed by atoms with van der Waals surface area (Å²) in [5, 5.41) is 11.6. The van der Waals surface area contributed by atoms with Crippen LogP contribution in [0.4, 0.5) is 0 Å². The minimum absolute atomic E-state index is 0.0356. The Morgan fingerprint density at radius 3 is 1.47 bits per heavy atom. The summed E-state index contributed by atoms with van der Waals surface area (Å²) in [6.45, 7) is 4.59. The van der Waals surface area contributed by atoms with Crippen LogP contribution in [0.15, 0.2) is 36.5 Å². The van der Waals surface area contributed by atoms with Gasteiger partial charge in [-0.25, -0.2) is 0 Å². The molecule has 308 valence electrons. The molecule has 0 saturated heterocycles. The standard InChI is InChI=1S/C45H81NO7/c1-6-8-10-12-14-16-18-20-21-22-23-24-26-28-30-32-34-36-44(48)53-41(39-51-38-37-42(45(49)50)46(3,4)5)40-52-43(47)35-33-31-29-27-25-19-17-15-13-11-9-7-2/h14-17,20-21,41-42H,6-13,18-19,22-40H2,1-5H3/b16-14+,17-15+,21-20+. The maximum atomic E-state index is 12.7. The van der Waals surface area contributed by atoms with Crippen LogP contribution in [0.3, 0.4) is 0 Å². The first-order chi connectivity index (χ1) is 25.6. The van der Waals surface area contributed by atoms with Crippen molar-refractivity contribution in [2.24, 2.45) is 0 Å². The van der Waals surface area contributed by atoms with Crippen molar-refractivity contribution in [1.82, 2.24) is 0 Å². The number of aliphatic carboxylic acids is 1. The van der Waals surface area contributed by atoms with Gasteiger partial charge in [0.05, 0.1) is 40.3 Å². The van der Waals surface area contributed by atoms with Crippen LogP contribution in [0, 0.1) is 0 Å². The summed E-state index contributed by atoms with van der Waals surface area (Å²) >= 11 is 0. The highest BCUT2D eigenvalue weighted by Crippen LogP contribution is 2.13. The molecular weight excluding hydrogens is 666 g/mol. The molecule has 0 radical (unpaired) electrons. The fourth-order valence-corrected chi connectivity index (χ4v) is 6.09. The van der Waals surface area contributed by atoms with E-state index >= 15 is 0 Å². The average Bonchev–Trinajstić information content (AvgIpc) is 3.11. The molecule has 0 N–H and O–H groups in total. The summed E-state index contributed by atoms with van der Waals surface area (Å²) in [7, 11) is 5.40. The lowest BCUT2D eigenvalue weighted by molar-refractivity contribution is -0.889. The molecule has 0 rings (SSSR count). The van der Waals surface area contributed by atoms with Crippen molar-refractivity contribution in [3.8, 4) is 0 Å². The second-order valence-electron chi connectivity index (χ2n) is 15.6. The first-order valence-electron chi connectivity index (χ1n) is 21.5. The number of allylic oxidation sites excluding steroid dienone is 6. The highest BCUT2D eigenvalue weighted by Gasteiger charge is 2.25. The average molecular weight is 748 g/mol. The fourth-order valence-electron chi connectivity index (χ4n) is 6.09. The van der Waals surface area contributed by atoms with Crippen LogP contribution in [0.25, 0.3) is 0 Å². The van der Waals surface area contributed by atoms with Crippen LogP contribution < -0.4 is 5.11 Å². The zero-order valence-corrected chi connectivity index (χ0v) is 34.9. The minimum atomic E-state index is -1.13. The van der Waals surface area contributed by atoms with Crippen molar-refractivity contribution in [3.63, 3.8) is 0 Å². The highest BCUT2D eigenvalue weighted by atomic mass is 16.6. The SMILES string of the molecule is CCCCC/C=C/C/C=C/CCCCCCCCCC(=O)OC(COCCC(C(=O)[O-])[N+](C)(C)C)COC(=O)CCCCCCC/C=C/CCCCC. The van der Waals surface area contributed by atoms with Crippen LogP contribution in [0.5, 0.6) is 0 Å². The third kappa shape index (κ3) is 35.0.